The lowest BCUT2D eigenvalue weighted by atomic mass is 9.97. The van der Waals surface area contributed by atoms with Crippen molar-refractivity contribution in [2.45, 2.75) is 96.7 Å². The van der Waals surface area contributed by atoms with Gasteiger partial charge in [-0.05, 0) is 58.7 Å². The van der Waals surface area contributed by atoms with Gasteiger partial charge in [0.2, 0.25) is 0 Å². The summed E-state index contributed by atoms with van der Waals surface area (Å²) in [7, 11) is 0. The van der Waals surface area contributed by atoms with Gasteiger partial charge in [-0.1, -0.05) is 50.8 Å². The molecule has 2 rings (SSSR count). The van der Waals surface area contributed by atoms with E-state index in [4.69, 9.17) is 18.9 Å². The molecule has 1 aromatic rings. The second kappa shape index (κ2) is 12.3. The number of alkyl carbamates (subject to hydrolysis) is 1. The van der Waals surface area contributed by atoms with E-state index in [1.807, 2.05) is 0 Å². The van der Waals surface area contributed by atoms with Crippen LogP contribution < -0.4 is 10.1 Å². The normalized spacial score (nSPS) is 17.7. The molecule has 0 saturated carbocycles. The van der Waals surface area contributed by atoms with Crippen LogP contribution in [-0.4, -0.2) is 42.8 Å². The van der Waals surface area contributed by atoms with Gasteiger partial charge in [0.05, 0.1) is 25.4 Å². The molecule has 1 fully saturated rings. The number of hydrogen-bond donors (Lipinski definition) is 1. The van der Waals surface area contributed by atoms with Crippen LogP contribution in [0.3, 0.4) is 0 Å². The highest BCUT2D eigenvalue weighted by Crippen LogP contribution is 2.37. The molecule has 6 nitrogen and oxygen atoms in total. The maximum absolute atomic E-state index is 13.8. The van der Waals surface area contributed by atoms with Gasteiger partial charge in [0.1, 0.15) is 16.9 Å². The van der Waals surface area contributed by atoms with Gasteiger partial charge in [-0.3, -0.25) is 0 Å². The molecule has 1 aromatic carbocycles. The molecule has 1 amide bonds. The molecule has 1 aliphatic rings. The Balaban J connectivity index is 2.21. The fourth-order valence-corrected chi connectivity index (χ4v) is 3.55. The zero-order chi connectivity index (χ0) is 27.0. The molecule has 1 aliphatic heterocycles. The Bertz CT molecular complexity index is 880. The third-order valence-corrected chi connectivity index (χ3v) is 5.51. The average molecular weight is 516 g/mol. The first kappa shape index (κ1) is 30.0. The number of unbranched alkanes of at least 4 members (excludes halogenated alkanes) is 4. The van der Waals surface area contributed by atoms with Crippen molar-refractivity contribution >= 4 is 12.2 Å². The van der Waals surface area contributed by atoms with Crippen LogP contribution in [0.5, 0.6) is 5.75 Å². The van der Waals surface area contributed by atoms with E-state index in [1.165, 1.54) is 12.1 Å². The van der Waals surface area contributed by atoms with E-state index >= 15 is 0 Å². The van der Waals surface area contributed by atoms with E-state index < -0.39 is 34.8 Å². The van der Waals surface area contributed by atoms with Crippen LogP contribution in [0.4, 0.5) is 18.0 Å². The van der Waals surface area contributed by atoms with Gasteiger partial charge in [-0.25, -0.2) is 4.79 Å². The number of ether oxygens (including phenoxy) is 4. The molecule has 0 atom stereocenters. The molecule has 0 bridgehead atoms. The molecule has 0 unspecified atom stereocenters. The summed E-state index contributed by atoms with van der Waals surface area (Å²) in [4.78, 5) is 12.5. The molecular formula is C27H40F3NO5. The molecule has 0 spiro atoms. The number of amides is 1. The number of benzene rings is 1. The zero-order valence-corrected chi connectivity index (χ0v) is 22.2. The van der Waals surface area contributed by atoms with Crippen molar-refractivity contribution in [3.8, 4) is 5.75 Å². The van der Waals surface area contributed by atoms with Crippen molar-refractivity contribution in [3.63, 3.8) is 0 Å². The average Bonchev–Trinajstić information content (AvgIpc) is 2.75. The number of carbonyl (C=O) groups excluding carboxylic acids is 1. The van der Waals surface area contributed by atoms with Gasteiger partial charge >= 0.3 is 12.3 Å². The molecule has 1 saturated heterocycles. The third kappa shape index (κ3) is 10.0. The summed E-state index contributed by atoms with van der Waals surface area (Å²) in [6, 6.07) is 3.92. The highest BCUT2D eigenvalue weighted by molar-refractivity contribution is 5.70. The maximum Gasteiger partial charge on any atom is 0.419 e. The standard InChI is InChI=1S/C27H40F3NO5/c1-7-8-9-10-11-16-33-22-13-12-20(17-21(22)27(28,29)30)14-15-26(18-34-25(5,6)35-19-26)31-23(32)36-24(2,3)4/h12-15,17H,7-11,16,18-19H2,1-6H3,(H,31,32)/b15-14+. The largest absolute Gasteiger partial charge is 0.493 e. The molecule has 0 aliphatic carbocycles. The van der Waals surface area contributed by atoms with Gasteiger partial charge in [0.15, 0.2) is 5.79 Å². The van der Waals surface area contributed by atoms with Gasteiger partial charge in [0.25, 0.3) is 0 Å². The van der Waals surface area contributed by atoms with E-state index in [9.17, 15) is 18.0 Å². The first-order valence-corrected chi connectivity index (χ1v) is 12.5. The fourth-order valence-electron chi connectivity index (χ4n) is 3.55. The van der Waals surface area contributed by atoms with Crippen molar-refractivity contribution in [2.75, 3.05) is 19.8 Å². The monoisotopic (exact) mass is 515 g/mol. The Labute approximate surface area is 212 Å². The van der Waals surface area contributed by atoms with E-state index in [-0.39, 0.29) is 25.6 Å². The summed E-state index contributed by atoms with van der Waals surface area (Å²) in [6.07, 6.45) is 2.69. The predicted molar refractivity (Wildman–Crippen MR) is 133 cm³/mol. The van der Waals surface area contributed by atoms with E-state index in [2.05, 4.69) is 12.2 Å². The minimum Gasteiger partial charge on any atom is -0.493 e. The van der Waals surface area contributed by atoms with Gasteiger partial charge < -0.3 is 24.3 Å². The molecule has 0 aromatic heterocycles. The van der Waals surface area contributed by atoms with Crippen LogP contribution in [0.2, 0.25) is 0 Å². The van der Waals surface area contributed by atoms with Gasteiger partial charge in [0, 0.05) is 0 Å². The van der Waals surface area contributed by atoms with Crippen LogP contribution in [0.15, 0.2) is 24.3 Å². The van der Waals surface area contributed by atoms with Crippen LogP contribution in [-0.2, 0) is 20.4 Å². The lowest BCUT2D eigenvalue weighted by Gasteiger charge is -2.42. The SMILES string of the molecule is CCCCCCCOc1ccc(/C=C/C2(NC(=O)OC(C)(C)C)COC(C)(C)OC2)cc1C(F)(F)F. The molecule has 204 valence electrons. The zero-order valence-electron chi connectivity index (χ0n) is 22.2. The van der Waals surface area contributed by atoms with Crippen LogP contribution in [0, 0.1) is 0 Å². The number of carbonyl (C=O) groups is 1. The fraction of sp³-hybridized carbons (Fsp3) is 0.667. The summed E-state index contributed by atoms with van der Waals surface area (Å²) in [5.41, 5.74) is -2.39. The first-order chi connectivity index (χ1) is 16.6. The second-order valence-corrected chi connectivity index (χ2v) is 10.6. The highest BCUT2D eigenvalue weighted by Gasteiger charge is 2.41. The maximum atomic E-state index is 13.8. The van der Waals surface area contributed by atoms with Crippen molar-refractivity contribution in [3.05, 3.63) is 35.4 Å². The molecule has 0 radical (unpaired) electrons. The topological polar surface area (TPSA) is 66.0 Å². The molecular weight excluding hydrogens is 475 g/mol. The molecule has 1 heterocycles. The quantitative estimate of drug-likeness (QED) is 0.336. The Hall–Kier alpha value is -2.26. The Morgan fingerprint density at radius 3 is 2.31 bits per heavy atom. The Kier molecular flexibility index (Phi) is 10.3. The number of hydrogen-bond acceptors (Lipinski definition) is 5. The summed E-state index contributed by atoms with van der Waals surface area (Å²) < 4.78 is 63.6. The van der Waals surface area contributed by atoms with Crippen molar-refractivity contribution in [1.82, 2.24) is 5.32 Å². The number of halogens is 3. The summed E-state index contributed by atoms with van der Waals surface area (Å²) in [5.74, 6) is -1.05. The van der Waals surface area contributed by atoms with Crippen LogP contribution >= 0.6 is 0 Å². The predicted octanol–water partition coefficient (Wildman–Crippen LogP) is 7.11. The highest BCUT2D eigenvalue weighted by atomic mass is 19.4. The van der Waals surface area contributed by atoms with Crippen molar-refractivity contribution < 1.29 is 36.9 Å². The first-order valence-electron chi connectivity index (χ1n) is 12.5. The lowest BCUT2D eigenvalue weighted by molar-refractivity contribution is -0.263. The number of nitrogens with one attached hydrogen (secondary N) is 1. The van der Waals surface area contributed by atoms with Crippen LogP contribution in [0.25, 0.3) is 6.08 Å². The van der Waals surface area contributed by atoms with Crippen molar-refractivity contribution in [1.29, 1.82) is 0 Å². The Morgan fingerprint density at radius 1 is 1.08 bits per heavy atom. The van der Waals surface area contributed by atoms with Crippen LogP contribution in [0.1, 0.15) is 84.8 Å². The van der Waals surface area contributed by atoms with E-state index in [0.29, 0.717) is 12.0 Å². The lowest BCUT2D eigenvalue weighted by Crippen LogP contribution is -2.60. The molecule has 36 heavy (non-hydrogen) atoms. The minimum absolute atomic E-state index is 0.0566. The number of rotatable bonds is 10. The summed E-state index contributed by atoms with van der Waals surface area (Å²) in [6.45, 7) is 11.1. The summed E-state index contributed by atoms with van der Waals surface area (Å²) in [5, 5.41) is 2.76. The van der Waals surface area contributed by atoms with Gasteiger partial charge in [-0.2, -0.15) is 13.2 Å². The smallest absolute Gasteiger partial charge is 0.419 e. The molecule has 9 heteroatoms. The third-order valence-electron chi connectivity index (χ3n) is 5.51. The van der Waals surface area contributed by atoms with Crippen molar-refractivity contribution in [2.24, 2.45) is 0 Å². The minimum atomic E-state index is -4.57. The van der Waals surface area contributed by atoms with Gasteiger partial charge in [-0.15, -0.1) is 0 Å². The molecule has 1 N–H and O–H groups in total. The second-order valence-electron chi connectivity index (χ2n) is 10.6. The number of alkyl halides is 3. The van der Waals surface area contributed by atoms with E-state index in [0.717, 1.165) is 31.7 Å². The summed E-state index contributed by atoms with van der Waals surface area (Å²) >= 11 is 0. The van der Waals surface area contributed by atoms with E-state index in [1.54, 1.807) is 46.8 Å². The Morgan fingerprint density at radius 2 is 1.72 bits per heavy atom.